The van der Waals surface area contributed by atoms with Gasteiger partial charge in [-0.15, -0.1) is 5.10 Å². The number of fused-ring (bicyclic) bond motifs is 3. The normalized spacial score (nSPS) is 17.7. The number of ether oxygens (including phenoxy) is 1. The number of hydrogen-bond acceptors (Lipinski definition) is 12. The molecule has 2 fully saturated rings. The fraction of sp³-hybridized carbons (Fsp3) is 0.224. The van der Waals surface area contributed by atoms with Crippen LogP contribution < -0.4 is 36.7 Å². The molecule has 2 aliphatic rings. The van der Waals surface area contributed by atoms with Crippen molar-refractivity contribution in [2.75, 3.05) is 41.8 Å². The second-order valence-corrected chi connectivity index (χ2v) is 17.0. The van der Waals surface area contributed by atoms with E-state index in [1.807, 2.05) is 49.4 Å². The summed E-state index contributed by atoms with van der Waals surface area (Å²) in [4.78, 5) is 56.9. The molecule has 0 saturated carbocycles. The lowest BCUT2D eigenvalue weighted by molar-refractivity contribution is -0.784. The molecule has 0 amide bonds. The third kappa shape index (κ3) is 7.77. The van der Waals surface area contributed by atoms with Gasteiger partial charge >= 0.3 is 0 Å². The van der Waals surface area contributed by atoms with Gasteiger partial charge in [-0.1, -0.05) is 10.7 Å². The van der Waals surface area contributed by atoms with E-state index in [1.165, 1.54) is 12.4 Å². The number of morpholine rings is 1. The molecule has 3 unspecified atom stereocenters. The Morgan fingerprint density at radius 3 is 2.11 bits per heavy atom. The second-order valence-electron chi connectivity index (χ2n) is 17.0. The van der Waals surface area contributed by atoms with Crippen LogP contribution >= 0.6 is 0 Å². The van der Waals surface area contributed by atoms with Gasteiger partial charge in [-0.05, 0) is 102 Å². The van der Waals surface area contributed by atoms with Gasteiger partial charge in [-0.25, -0.2) is 29.3 Å². The Balaban J connectivity index is 0.859. The predicted molar refractivity (Wildman–Crippen MR) is 252 cm³/mol. The lowest BCUT2D eigenvalue weighted by Crippen LogP contribution is -2.56. The van der Waals surface area contributed by atoms with Gasteiger partial charge in [0.05, 0.1) is 40.8 Å². The van der Waals surface area contributed by atoms with E-state index in [0.29, 0.717) is 81.3 Å². The van der Waals surface area contributed by atoms with Crippen molar-refractivity contribution in [1.82, 2.24) is 45.3 Å². The van der Waals surface area contributed by atoms with Gasteiger partial charge in [-0.3, -0.25) is 14.9 Å². The smallest absolute Gasteiger partial charge is 0.259 e. The zero-order valence-corrected chi connectivity index (χ0v) is 36.1. The number of benzene rings is 2. The topological polar surface area (TPSA) is 198 Å². The number of aromatic nitrogens is 9. The number of aryl methyl sites for hydroxylation is 1. The maximum absolute atomic E-state index is 16.3. The summed E-state index contributed by atoms with van der Waals surface area (Å²) < 4.78 is 23.9. The van der Waals surface area contributed by atoms with Gasteiger partial charge in [0, 0.05) is 91.6 Å². The van der Waals surface area contributed by atoms with Crippen molar-refractivity contribution in [2.45, 2.75) is 44.8 Å². The van der Waals surface area contributed by atoms with Gasteiger partial charge in [-0.2, -0.15) is 0 Å². The number of rotatable bonds is 9. The number of nitrogens with one attached hydrogen (secondary N) is 6. The quantitative estimate of drug-likeness (QED) is 0.0794. The average molecular weight is 883 g/mol. The van der Waals surface area contributed by atoms with Crippen LogP contribution in [0.5, 0.6) is 0 Å². The van der Waals surface area contributed by atoms with E-state index in [2.05, 4.69) is 75.7 Å². The molecule has 0 aliphatic carbocycles. The Hall–Kier alpha value is -7.89. The minimum absolute atomic E-state index is 0.0752. The number of aromatic amines is 3. The summed E-state index contributed by atoms with van der Waals surface area (Å²) >= 11 is 0. The van der Waals surface area contributed by atoms with E-state index in [1.54, 1.807) is 37.1 Å². The Morgan fingerprint density at radius 2 is 1.42 bits per heavy atom. The summed E-state index contributed by atoms with van der Waals surface area (Å²) in [6.45, 7) is 7.24. The van der Waals surface area contributed by atoms with Crippen molar-refractivity contribution >= 4 is 61.3 Å². The number of halogens is 1. The minimum Gasteiger partial charge on any atom is -0.378 e. The molecule has 0 spiro atoms. The molecule has 17 heteroatoms. The standard InChI is InChI=1S/C49H44FN13O3/c1-27-17-31(37-8-5-35(22-39(37)50)58-47-44-30(10-12-54-49(44)65)20-41(60-47)33-23-51-26-52-24-33)21-42(56-27)63-28(2)38-18-32(25-55-45(38)61-63)40-19-29-9-11-53-48(64)43(29)46(59-40)57-34-3-6-36(7-4-34)62-13-15-66-16-14-62/h3-12,18-20,22-27,31,42,56H,13-17,21H2,1-2H3,(H4,53,54,57,58,59,60,64,65)/p+1. The van der Waals surface area contributed by atoms with Crippen LogP contribution in [-0.4, -0.2) is 72.3 Å². The first-order valence-corrected chi connectivity index (χ1v) is 22.0. The zero-order chi connectivity index (χ0) is 44.9. The number of pyridine rings is 5. The Bertz CT molecular complexity index is 3410. The summed E-state index contributed by atoms with van der Waals surface area (Å²) in [5, 5.41) is 17.0. The van der Waals surface area contributed by atoms with Gasteiger partial charge in [0.2, 0.25) is 11.9 Å². The number of H-pyrrole nitrogens is 3. The predicted octanol–water partition coefficient (Wildman–Crippen LogP) is 7.27. The van der Waals surface area contributed by atoms with E-state index >= 15 is 4.39 Å². The lowest BCUT2D eigenvalue weighted by Gasteiger charge is -2.31. The van der Waals surface area contributed by atoms with E-state index in [4.69, 9.17) is 19.7 Å². The molecule has 3 atom stereocenters. The molecule has 0 bridgehead atoms. The van der Waals surface area contributed by atoms with Crippen LogP contribution in [0.3, 0.4) is 0 Å². The molecule has 6 N–H and O–H groups in total. The summed E-state index contributed by atoms with van der Waals surface area (Å²) in [6, 6.07) is 22.8. The Morgan fingerprint density at radius 1 is 0.773 bits per heavy atom. The first-order valence-electron chi connectivity index (χ1n) is 22.0. The van der Waals surface area contributed by atoms with Crippen LogP contribution in [0.2, 0.25) is 0 Å². The van der Waals surface area contributed by atoms with E-state index in [9.17, 15) is 9.59 Å². The molecule has 11 rings (SSSR count). The van der Waals surface area contributed by atoms with E-state index in [-0.39, 0.29) is 35.1 Å². The molecule has 2 aromatic carbocycles. The molecule has 0 radical (unpaired) electrons. The molecule has 7 aromatic heterocycles. The Kier molecular flexibility index (Phi) is 10.5. The van der Waals surface area contributed by atoms with E-state index in [0.717, 1.165) is 52.9 Å². The second kappa shape index (κ2) is 16.9. The highest BCUT2D eigenvalue weighted by atomic mass is 19.1. The van der Waals surface area contributed by atoms with Crippen LogP contribution in [0.1, 0.15) is 43.1 Å². The maximum atomic E-state index is 16.3. The largest absolute Gasteiger partial charge is 0.378 e. The number of anilines is 5. The van der Waals surface area contributed by atoms with Crippen molar-refractivity contribution in [3.05, 3.63) is 148 Å². The minimum atomic E-state index is -0.350. The summed E-state index contributed by atoms with van der Waals surface area (Å²) in [6.07, 6.45) is 10.9. The van der Waals surface area contributed by atoms with Crippen LogP contribution in [0, 0.1) is 12.7 Å². The van der Waals surface area contributed by atoms with E-state index < -0.39 is 0 Å². The van der Waals surface area contributed by atoms with Crippen LogP contribution in [0.15, 0.2) is 120 Å². The third-order valence-electron chi connectivity index (χ3n) is 12.7. The highest BCUT2D eigenvalue weighted by Gasteiger charge is 2.36. The third-order valence-corrected chi connectivity index (χ3v) is 12.7. The molecule has 66 heavy (non-hydrogen) atoms. The highest BCUT2D eigenvalue weighted by molar-refractivity contribution is 5.96. The van der Waals surface area contributed by atoms with Crippen LogP contribution in [0.4, 0.5) is 33.1 Å². The van der Waals surface area contributed by atoms with Crippen molar-refractivity contribution < 1.29 is 13.8 Å². The SMILES string of the molecule is Cc1c2cc(-c3cc4cc[nH]c(=O)c4c(Nc4ccc(N5CCOCC5)cc4)n3)cnc2[nH][n+]1C1CC(c2ccc(Nc3nc(-c4cncnc4)cc4cc[nH]c(=O)c34)cc2F)CC(C)N1. The summed E-state index contributed by atoms with van der Waals surface area (Å²) in [5.41, 5.74) is 6.81. The molecule has 9 aromatic rings. The first-order chi connectivity index (χ1) is 32.2. The lowest BCUT2D eigenvalue weighted by atomic mass is 9.85. The monoisotopic (exact) mass is 882 g/mol. The van der Waals surface area contributed by atoms with Crippen LogP contribution in [-0.2, 0) is 4.74 Å². The number of hydrogen-bond donors (Lipinski definition) is 6. The van der Waals surface area contributed by atoms with Crippen molar-refractivity contribution in [3.8, 4) is 22.5 Å². The van der Waals surface area contributed by atoms with Crippen LogP contribution in [0.25, 0.3) is 55.1 Å². The molecule has 2 aliphatic heterocycles. The zero-order valence-electron chi connectivity index (χ0n) is 36.1. The fourth-order valence-electron chi connectivity index (χ4n) is 9.42. The fourth-order valence-corrected chi connectivity index (χ4v) is 9.42. The molecule has 16 nitrogen and oxygen atoms in total. The molecule has 330 valence electrons. The van der Waals surface area contributed by atoms with Gasteiger partial charge in [0.15, 0.2) is 5.65 Å². The number of nitrogens with zero attached hydrogens (tertiary/aromatic N) is 7. The summed E-state index contributed by atoms with van der Waals surface area (Å²) in [7, 11) is 0. The highest BCUT2D eigenvalue weighted by Crippen LogP contribution is 2.37. The van der Waals surface area contributed by atoms with Crippen molar-refractivity contribution in [1.29, 1.82) is 0 Å². The van der Waals surface area contributed by atoms with Crippen molar-refractivity contribution in [2.24, 2.45) is 0 Å². The van der Waals surface area contributed by atoms with Gasteiger partial charge < -0.3 is 30.2 Å². The first kappa shape index (κ1) is 40.9. The molecular formula is C49H45FN13O3+. The summed E-state index contributed by atoms with van der Waals surface area (Å²) in [5.74, 6) is 0.293. The maximum Gasteiger partial charge on any atom is 0.259 e. The Labute approximate surface area is 376 Å². The number of piperidine rings is 1. The van der Waals surface area contributed by atoms with Crippen molar-refractivity contribution in [3.63, 3.8) is 0 Å². The molecular weight excluding hydrogens is 838 g/mol. The van der Waals surface area contributed by atoms with Gasteiger partial charge in [0.1, 0.15) is 23.8 Å². The molecule has 9 heterocycles. The molecule has 2 saturated heterocycles. The average Bonchev–Trinajstić information content (AvgIpc) is 3.67. The van der Waals surface area contributed by atoms with Gasteiger partial charge in [0.25, 0.3) is 11.1 Å².